The Morgan fingerprint density at radius 1 is 1.50 bits per heavy atom. The first-order valence-corrected chi connectivity index (χ1v) is 6.50. The summed E-state index contributed by atoms with van der Waals surface area (Å²) >= 11 is 1.50. The van der Waals surface area contributed by atoms with Gasteiger partial charge in [0.05, 0.1) is 5.00 Å². The minimum atomic E-state index is -0.151. The number of anilines is 1. The molecule has 0 radical (unpaired) electrons. The van der Waals surface area contributed by atoms with Crippen LogP contribution in [-0.2, 0) is 6.42 Å². The van der Waals surface area contributed by atoms with Gasteiger partial charge in [-0.1, -0.05) is 0 Å². The lowest BCUT2D eigenvalue weighted by atomic mass is 10.2. The standard InChI is InChI=1S/C13H14N2O2S/c1-9-4-7-18-13(9)15-12(17)10-2-5-14-11(8-10)3-6-16/h2,4-5,7-8,16H,3,6H2,1H3,(H,15,17). The highest BCUT2D eigenvalue weighted by molar-refractivity contribution is 7.14. The fourth-order valence-corrected chi connectivity index (χ4v) is 2.36. The summed E-state index contributed by atoms with van der Waals surface area (Å²) in [6.07, 6.45) is 2.04. The maximum absolute atomic E-state index is 12.0. The van der Waals surface area contributed by atoms with E-state index >= 15 is 0 Å². The Morgan fingerprint density at radius 3 is 3.00 bits per heavy atom. The van der Waals surface area contributed by atoms with Crippen LogP contribution < -0.4 is 5.32 Å². The molecule has 1 amide bonds. The van der Waals surface area contributed by atoms with E-state index in [-0.39, 0.29) is 12.5 Å². The van der Waals surface area contributed by atoms with E-state index in [9.17, 15) is 4.79 Å². The fraction of sp³-hybridized carbons (Fsp3) is 0.231. The van der Waals surface area contributed by atoms with Crippen molar-refractivity contribution in [3.05, 3.63) is 46.6 Å². The molecule has 2 aromatic heterocycles. The van der Waals surface area contributed by atoms with E-state index in [4.69, 9.17) is 5.11 Å². The highest BCUT2D eigenvalue weighted by atomic mass is 32.1. The van der Waals surface area contributed by atoms with E-state index in [1.165, 1.54) is 11.3 Å². The van der Waals surface area contributed by atoms with E-state index in [1.807, 2.05) is 18.4 Å². The van der Waals surface area contributed by atoms with Gasteiger partial charge in [0.1, 0.15) is 0 Å². The zero-order chi connectivity index (χ0) is 13.0. The number of carbonyl (C=O) groups is 1. The molecule has 5 heteroatoms. The molecule has 2 aromatic rings. The lowest BCUT2D eigenvalue weighted by Gasteiger charge is -2.05. The third-order valence-electron chi connectivity index (χ3n) is 2.54. The van der Waals surface area contributed by atoms with Gasteiger partial charge in [-0.05, 0) is 36.1 Å². The van der Waals surface area contributed by atoms with Crippen LogP contribution in [0.1, 0.15) is 21.6 Å². The van der Waals surface area contributed by atoms with Gasteiger partial charge in [0.25, 0.3) is 5.91 Å². The average molecular weight is 262 g/mol. The second-order valence-electron chi connectivity index (χ2n) is 3.90. The molecule has 0 bridgehead atoms. The van der Waals surface area contributed by atoms with Gasteiger partial charge in [-0.25, -0.2) is 0 Å². The number of carbonyl (C=O) groups excluding carboxylic acids is 1. The summed E-state index contributed by atoms with van der Waals surface area (Å²) in [6.45, 7) is 1.98. The van der Waals surface area contributed by atoms with Gasteiger partial charge in [0.2, 0.25) is 0 Å². The van der Waals surface area contributed by atoms with E-state index in [1.54, 1.807) is 18.3 Å². The van der Waals surface area contributed by atoms with Crippen LogP contribution in [-0.4, -0.2) is 22.6 Å². The van der Waals surface area contributed by atoms with Crippen LogP contribution in [0.4, 0.5) is 5.00 Å². The number of aliphatic hydroxyl groups excluding tert-OH is 1. The van der Waals surface area contributed by atoms with Crippen LogP contribution in [0.15, 0.2) is 29.8 Å². The molecule has 4 nitrogen and oxygen atoms in total. The van der Waals surface area contributed by atoms with Crippen molar-refractivity contribution < 1.29 is 9.90 Å². The molecule has 2 rings (SSSR count). The highest BCUT2D eigenvalue weighted by Gasteiger charge is 2.09. The topological polar surface area (TPSA) is 62.2 Å². The molecule has 0 aliphatic carbocycles. The second-order valence-corrected chi connectivity index (χ2v) is 4.81. The van der Waals surface area contributed by atoms with Crippen molar-refractivity contribution in [1.29, 1.82) is 0 Å². The molecule has 0 spiro atoms. The summed E-state index contributed by atoms with van der Waals surface area (Å²) in [5.74, 6) is -0.151. The number of amides is 1. The number of nitrogens with one attached hydrogen (secondary N) is 1. The number of nitrogens with zero attached hydrogens (tertiary/aromatic N) is 1. The smallest absolute Gasteiger partial charge is 0.256 e. The van der Waals surface area contributed by atoms with Gasteiger partial charge in [-0.2, -0.15) is 0 Å². The first-order chi connectivity index (χ1) is 8.70. The Hall–Kier alpha value is -1.72. The first kappa shape index (κ1) is 12.7. The summed E-state index contributed by atoms with van der Waals surface area (Å²) in [5, 5.41) is 14.5. The fourth-order valence-electron chi connectivity index (χ4n) is 1.55. The van der Waals surface area contributed by atoms with Crippen LogP contribution in [0.2, 0.25) is 0 Å². The van der Waals surface area contributed by atoms with Crippen LogP contribution in [0.5, 0.6) is 0 Å². The van der Waals surface area contributed by atoms with Crippen molar-refractivity contribution in [2.75, 3.05) is 11.9 Å². The van der Waals surface area contributed by atoms with Crippen LogP contribution >= 0.6 is 11.3 Å². The number of aliphatic hydroxyl groups is 1. The van der Waals surface area contributed by atoms with Crippen LogP contribution in [0.3, 0.4) is 0 Å². The molecule has 2 heterocycles. The molecule has 0 aliphatic rings. The van der Waals surface area contributed by atoms with Gasteiger partial charge >= 0.3 is 0 Å². The Labute approximate surface area is 109 Å². The molecule has 0 saturated carbocycles. The van der Waals surface area contributed by atoms with Gasteiger partial charge in [-0.3, -0.25) is 9.78 Å². The molecular weight excluding hydrogens is 248 g/mol. The maximum Gasteiger partial charge on any atom is 0.256 e. The number of hydrogen-bond acceptors (Lipinski definition) is 4. The van der Waals surface area contributed by atoms with Crippen LogP contribution in [0.25, 0.3) is 0 Å². The van der Waals surface area contributed by atoms with Gasteiger partial charge in [-0.15, -0.1) is 11.3 Å². The van der Waals surface area contributed by atoms with E-state index in [0.29, 0.717) is 17.7 Å². The predicted molar refractivity (Wildman–Crippen MR) is 72.0 cm³/mol. The number of pyridine rings is 1. The van der Waals surface area contributed by atoms with Gasteiger partial charge in [0, 0.05) is 30.5 Å². The summed E-state index contributed by atoms with van der Waals surface area (Å²) in [5.41, 5.74) is 2.33. The molecule has 0 unspecified atom stereocenters. The van der Waals surface area contributed by atoms with E-state index < -0.39 is 0 Å². The normalized spacial score (nSPS) is 10.3. The lowest BCUT2D eigenvalue weighted by Crippen LogP contribution is -2.12. The second kappa shape index (κ2) is 5.75. The molecule has 0 aliphatic heterocycles. The minimum absolute atomic E-state index is 0.0299. The maximum atomic E-state index is 12.0. The molecule has 0 aromatic carbocycles. The average Bonchev–Trinajstić information content (AvgIpc) is 2.76. The van der Waals surface area contributed by atoms with Crippen molar-refractivity contribution >= 4 is 22.2 Å². The third-order valence-corrected chi connectivity index (χ3v) is 3.47. The number of aryl methyl sites for hydroxylation is 1. The van der Waals surface area contributed by atoms with Crippen LogP contribution in [0, 0.1) is 6.92 Å². The molecule has 18 heavy (non-hydrogen) atoms. The number of rotatable bonds is 4. The Bertz CT molecular complexity index is 551. The zero-order valence-electron chi connectivity index (χ0n) is 10.0. The Morgan fingerprint density at radius 2 is 2.33 bits per heavy atom. The summed E-state index contributed by atoms with van der Waals surface area (Å²) in [4.78, 5) is 16.1. The monoisotopic (exact) mass is 262 g/mol. The summed E-state index contributed by atoms with van der Waals surface area (Å²) in [7, 11) is 0. The van der Waals surface area contributed by atoms with E-state index in [2.05, 4.69) is 10.3 Å². The largest absolute Gasteiger partial charge is 0.396 e. The number of hydrogen-bond donors (Lipinski definition) is 2. The molecular formula is C13H14N2O2S. The Balaban J connectivity index is 2.14. The molecule has 0 fully saturated rings. The minimum Gasteiger partial charge on any atom is -0.396 e. The third kappa shape index (κ3) is 2.94. The van der Waals surface area contributed by atoms with Gasteiger partial charge in [0.15, 0.2) is 0 Å². The van der Waals surface area contributed by atoms with E-state index in [0.717, 1.165) is 10.6 Å². The number of aromatic nitrogens is 1. The summed E-state index contributed by atoms with van der Waals surface area (Å²) < 4.78 is 0. The zero-order valence-corrected chi connectivity index (χ0v) is 10.8. The van der Waals surface area contributed by atoms with Crippen molar-refractivity contribution in [2.24, 2.45) is 0 Å². The first-order valence-electron chi connectivity index (χ1n) is 5.62. The van der Waals surface area contributed by atoms with Gasteiger partial charge < -0.3 is 10.4 Å². The quantitative estimate of drug-likeness (QED) is 0.888. The summed E-state index contributed by atoms with van der Waals surface area (Å²) in [6, 6.07) is 5.33. The van der Waals surface area contributed by atoms with Crippen molar-refractivity contribution in [3.63, 3.8) is 0 Å². The molecule has 2 N–H and O–H groups in total. The lowest BCUT2D eigenvalue weighted by molar-refractivity contribution is 0.102. The number of thiophene rings is 1. The Kier molecular flexibility index (Phi) is 4.07. The molecule has 0 saturated heterocycles. The SMILES string of the molecule is Cc1ccsc1NC(=O)c1ccnc(CCO)c1. The molecule has 0 atom stereocenters. The van der Waals surface area contributed by atoms with Crippen molar-refractivity contribution in [1.82, 2.24) is 4.98 Å². The highest BCUT2D eigenvalue weighted by Crippen LogP contribution is 2.22. The molecule has 94 valence electrons. The van der Waals surface area contributed by atoms with Crippen molar-refractivity contribution in [3.8, 4) is 0 Å². The predicted octanol–water partition coefficient (Wildman–Crippen LogP) is 2.24. The van der Waals surface area contributed by atoms with Crippen molar-refractivity contribution in [2.45, 2.75) is 13.3 Å².